The average molecular weight is 377 g/mol. The maximum absolute atomic E-state index is 12.6. The van der Waals surface area contributed by atoms with Crippen LogP contribution in [0.2, 0.25) is 0 Å². The fourth-order valence-corrected chi connectivity index (χ4v) is 4.39. The Bertz CT molecular complexity index is 1010. The highest BCUT2D eigenvalue weighted by Crippen LogP contribution is 2.41. The van der Waals surface area contributed by atoms with Gasteiger partial charge in [0.2, 0.25) is 5.91 Å². The molecular weight excluding hydrogens is 358 g/mol. The summed E-state index contributed by atoms with van der Waals surface area (Å²) in [7, 11) is 0. The summed E-state index contributed by atoms with van der Waals surface area (Å²) < 4.78 is 6.85. The van der Waals surface area contributed by atoms with Crippen molar-refractivity contribution in [1.29, 1.82) is 0 Å². The van der Waals surface area contributed by atoms with Crippen molar-refractivity contribution in [1.82, 2.24) is 4.57 Å². The van der Waals surface area contributed by atoms with Crippen LogP contribution in [0.1, 0.15) is 29.0 Å². The molecule has 4 rings (SSSR count). The van der Waals surface area contributed by atoms with Crippen molar-refractivity contribution in [2.45, 2.75) is 24.1 Å². The molecule has 0 saturated heterocycles. The minimum Gasteiger partial charge on any atom is -0.462 e. The molecule has 1 aromatic heterocycles. The van der Waals surface area contributed by atoms with Crippen molar-refractivity contribution in [3.8, 4) is 22.3 Å². The van der Waals surface area contributed by atoms with Gasteiger partial charge in [0.25, 0.3) is 0 Å². The van der Waals surface area contributed by atoms with Gasteiger partial charge in [-0.1, -0.05) is 66.4 Å². The molecule has 2 heterocycles. The largest absolute Gasteiger partial charge is 0.462 e. The second-order valence-corrected chi connectivity index (χ2v) is 7.68. The minimum atomic E-state index is -0.386. The average Bonchev–Trinajstić information content (AvgIpc) is 3.19. The van der Waals surface area contributed by atoms with Crippen LogP contribution in [0.3, 0.4) is 0 Å². The number of fused-ring (bicyclic) bond motifs is 1. The van der Waals surface area contributed by atoms with E-state index in [4.69, 9.17) is 4.74 Å². The second-order valence-electron chi connectivity index (χ2n) is 6.36. The summed E-state index contributed by atoms with van der Waals surface area (Å²) >= 11 is 1.41. The highest BCUT2D eigenvalue weighted by molar-refractivity contribution is 8.01. The van der Waals surface area contributed by atoms with Gasteiger partial charge in [-0.3, -0.25) is 9.36 Å². The third-order valence-corrected chi connectivity index (χ3v) is 5.80. The first kappa shape index (κ1) is 17.6. The Kier molecular flexibility index (Phi) is 4.62. The van der Waals surface area contributed by atoms with Crippen molar-refractivity contribution < 1.29 is 14.3 Å². The predicted octanol–water partition coefficient (Wildman–Crippen LogP) is 5.13. The molecule has 0 aliphatic carbocycles. The van der Waals surface area contributed by atoms with E-state index >= 15 is 0 Å². The predicted molar refractivity (Wildman–Crippen MR) is 107 cm³/mol. The van der Waals surface area contributed by atoms with E-state index < -0.39 is 0 Å². The number of esters is 1. The van der Waals surface area contributed by atoms with Crippen LogP contribution in [-0.4, -0.2) is 28.3 Å². The minimum absolute atomic E-state index is 0.00676. The third kappa shape index (κ3) is 3.08. The first-order chi connectivity index (χ1) is 13.1. The van der Waals surface area contributed by atoms with Gasteiger partial charge in [0.05, 0.1) is 22.4 Å². The summed E-state index contributed by atoms with van der Waals surface area (Å²) in [4.78, 5) is 25.0. The molecule has 2 aromatic carbocycles. The van der Waals surface area contributed by atoms with E-state index in [1.807, 2.05) is 49.4 Å². The van der Waals surface area contributed by atoms with Gasteiger partial charge < -0.3 is 4.74 Å². The molecule has 3 aromatic rings. The Balaban J connectivity index is 1.78. The molecule has 27 heavy (non-hydrogen) atoms. The number of benzene rings is 2. The van der Waals surface area contributed by atoms with Crippen LogP contribution in [0.4, 0.5) is 0 Å². The molecule has 0 N–H and O–H groups in total. The molecule has 0 bridgehead atoms. The van der Waals surface area contributed by atoms with Crippen molar-refractivity contribution in [3.63, 3.8) is 0 Å². The zero-order chi connectivity index (χ0) is 19.0. The molecule has 4 nitrogen and oxygen atoms in total. The molecule has 0 amide bonds. The van der Waals surface area contributed by atoms with Gasteiger partial charge in [0.1, 0.15) is 0 Å². The highest BCUT2D eigenvalue weighted by atomic mass is 32.2. The Hall–Kier alpha value is -2.79. The van der Waals surface area contributed by atoms with Crippen LogP contribution in [0.15, 0.2) is 65.8 Å². The van der Waals surface area contributed by atoms with Crippen molar-refractivity contribution >= 4 is 23.6 Å². The molecular formula is C22H19NO3S. The van der Waals surface area contributed by atoms with E-state index in [1.54, 1.807) is 17.7 Å². The molecule has 0 spiro atoms. The van der Waals surface area contributed by atoms with E-state index in [9.17, 15) is 9.59 Å². The van der Waals surface area contributed by atoms with E-state index in [0.717, 1.165) is 22.3 Å². The highest BCUT2D eigenvalue weighted by Gasteiger charge is 2.35. The fourth-order valence-electron chi connectivity index (χ4n) is 3.27. The quantitative estimate of drug-likeness (QED) is 0.591. The molecule has 0 radical (unpaired) electrons. The summed E-state index contributed by atoms with van der Waals surface area (Å²) in [6, 6.07) is 18.1. The number of carbonyl (C=O) groups is 2. The summed E-state index contributed by atoms with van der Waals surface area (Å²) in [6.45, 7) is 3.93. The monoisotopic (exact) mass is 377 g/mol. The van der Waals surface area contributed by atoms with Crippen LogP contribution in [-0.2, 0) is 4.74 Å². The lowest BCUT2D eigenvalue weighted by Crippen LogP contribution is -2.12. The third-order valence-electron chi connectivity index (χ3n) is 4.62. The molecule has 1 aliphatic rings. The van der Waals surface area contributed by atoms with Crippen molar-refractivity contribution in [3.05, 3.63) is 66.4 Å². The lowest BCUT2D eigenvalue weighted by Gasteiger charge is -2.08. The summed E-state index contributed by atoms with van der Waals surface area (Å²) in [5, 5.41) is 0.482. The lowest BCUT2D eigenvalue weighted by atomic mass is 10.00. The van der Waals surface area contributed by atoms with E-state index in [0.29, 0.717) is 17.2 Å². The van der Waals surface area contributed by atoms with Gasteiger partial charge in [-0.2, -0.15) is 0 Å². The number of ether oxygens (including phenoxy) is 1. The number of nitrogens with zero attached hydrogens (tertiary/aromatic N) is 1. The smallest absolute Gasteiger partial charge is 0.341 e. The lowest BCUT2D eigenvalue weighted by molar-refractivity contribution is 0.0523. The molecule has 1 atom stereocenters. The molecule has 1 unspecified atom stereocenters. The zero-order valence-electron chi connectivity index (χ0n) is 15.1. The number of hydrogen-bond acceptors (Lipinski definition) is 4. The molecule has 0 saturated carbocycles. The van der Waals surface area contributed by atoms with Crippen molar-refractivity contribution in [2.75, 3.05) is 6.61 Å². The fraction of sp³-hybridized carbons (Fsp3) is 0.182. The first-order valence-corrected chi connectivity index (χ1v) is 9.77. The van der Waals surface area contributed by atoms with E-state index in [2.05, 4.69) is 12.1 Å². The van der Waals surface area contributed by atoms with E-state index in [-0.39, 0.29) is 17.1 Å². The Morgan fingerprint density at radius 2 is 1.67 bits per heavy atom. The van der Waals surface area contributed by atoms with Crippen LogP contribution >= 0.6 is 11.8 Å². The number of thioether (sulfide) groups is 1. The van der Waals surface area contributed by atoms with Crippen LogP contribution in [0.25, 0.3) is 22.3 Å². The van der Waals surface area contributed by atoms with Gasteiger partial charge >= 0.3 is 5.97 Å². The number of carbonyl (C=O) groups excluding carboxylic acids is 2. The number of rotatable bonds is 4. The van der Waals surface area contributed by atoms with Gasteiger partial charge in [-0.05, 0) is 30.5 Å². The second kappa shape index (κ2) is 7.08. The normalized spacial score (nSPS) is 15.6. The number of hydrogen-bond donors (Lipinski definition) is 0. The van der Waals surface area contributed by atoms with Gasteiger partial charge in [-0.25, -0.2) is 4.79 Å². The Labute approximate surface area is 162 Å². The van der Waals surface area contributed by atoms with Gasteiger partial charge in [-0.15, -0.1) is 0 Å². The van der Waals surface area contributed by atoms with Crippen LogP contribution in [0, 0.1) is 0 Å². The zero-order valence-corrected chi connectivity index (χ0v) is 16.0. The first-order valence-electron chi connectivity index (χ1n) is 8.89. The Morgan fingerprint density at radius 3 is 2.33 bits per heavy atom. The maximum Gasteiger partial charge on any atom is 0.341 e. The molecule has 136 valence electrons. The van der Waals surface area contributed by atoms with Gasteiger partial charge in [0, 0.05) is 11.8 Å². The van der Waals surface area contributed by atoms with Crippen LogP contribution < -0.4 is 0 Å². The van der Waals surface area contributed by atoms with Gasteiger partial charge in [0.15, 0.2) is 0 Å². The maximum atomic E-state index is 12.6. The molecule has 1 aliphatic heterocycles. The van der Waals surface area contributed by atoms with Crippen molar-refractivity contribution in [2.24, 2.45) is 0 Å². The standard InChI is InChI=1S/C22H19NO3S/c1-3-26-22(25)19-18(13-23-20(24)14(2)27-21(19)23)17-11-9-16(10-12-17)15-7-5-4-6-8-15/h4-14H,3H2,1-2H3. The summed E-state index contributed by atoms with van der Waals surface area (Å²) in [5.74, 6) is -0.393. The summed E-state index contributed by atoms with van der Waals surface area (Å²) in [6.07, 6.45) is 1.76. The summed E-state index contributed by atoms with van der Waals surface area (Å²) in [5.41, 5.74) is 4.33. The molecule has 0 fully saturated rings. The Morgan fingerprint density at radius 1 is 1.04 bits per heavy atom. The SMILES string of the molecule is CCOC(=O)c1c(-c2ccc(-c3ccccc3)cc2)cn2c1SC(C)C2=O. The molecule has 5 heteroatoms. The van der Waals surface area contributed by atoms with E-state index in [1.165, 1.54) is 11.8 Å². The van der Waals surface area contributed by atoms with Crippen LogP contribution in [0.5, 0.6) is 0 Å². The topological polar surface area (TPSA) is 48.3 Å². The number of aromatic nitrogens is 1.